The zero-order valence-electron chi connectivity index (χ0n) is 41.9. The molecule has 7 heteroatoms. The van der Waals surface area contributed by atoms with E-state index in [4.69, 9.17) is 19.6 Å². The van der Waals surface area contributed by atoms with Crippen molar-refractivity contribution in [2.45, 2.75) is 123 Å². The zero-order chi connectivity index (χ0) is 47.9. The largest absolute Gasteiger partial charge is 0.501 e. The Morgan fingerprint density at radius 2 is 1.46 bits per heavy atom. The van der Waals surface area contributed by atoms with Gasteiger partial charge in [0.2, 0.25) is 0 Å². The summed E-state index contributed by atoms with van der Waals surface area (Å²) in [5, 5.41) is 12.7. The first-order chi connectivity index (χ1) is 32.6. The van der Waals surface area contributed by atoms with Gasteiger partial charge in [-0.1, -0.05) is 165 Å². The van der Waals surface area contributed by atoms with E-state index in [1.807, 2.05) is 18.2 Å². The molecule has 0 atom stereocenters. The summed E-state index contributed by atoms with van der Waals surface area (Å²) in [5.74, 6) is 2.12. The first-order valence-electron chi connectivity index (χ1n) is 24.6. The second kappa shape index (κ2) is 20.2. The van der Waals surface area contributed by atoms with E-state index in [1.54, 1.807) is 6.07 Å². The molecule has 0 aliphatic heterocycles. The number of benzene rings is 6. The molecule has 0 saturated heterocycles. The minimum atomic E-state index is -1.42. The van der Waals surface area contributed by atoms with E-state index >= 15 is 0 Å². The topological polar surface area (TPSA) is 67.6 Å². The van der Waals surface area contributed by atoms with Gasteiger partial charge in [0.25, 0.3) is 0 Å². The van der Waals surface area contributed by atoms with Crippen molar-refractivity contribution in [1.82, 2.24) is 14.5 Å². The Kier molecular flexibility index (Phi) is 14.5. The van der Waals surface area contributed by atoms with Crippen LogP contribution in [0.15, 0.2) is 132 Å². The predicted octanol–water partition coefficient (Wildman–Crippen LogP) is 16.6. The van der Waals surface area contributed by atoms with Gasteiger partial charge < -0.3 is 14.0 Å². The Hall–Kier alpha value is -5.90. The fourth-order valence-corrected chi connectivity index (χ4v) is 11.7. The molecule has 69 heavy (non-hydrogen) atoms. The van der Waals surface area contributed by atoms with Gasteiger partial charge in [0.05, 0.1) is 30.5 Å². The SMILES string of the molecule is CC(C)c1cc(-c2ccccc2)cc(C(C)C)c1-n1c(-c2[c-]ccc3c2oc2cc(C(C)(C)C)ccc23)nc2ccccc21.C[Si](C)(C)c1cnc(-c2[c-]cc(C#N)cc2)cc1C1CCCCC1.[Ir]. The number of furan rings is 1. The van der Waals surface area contributed by atoms with Gasteiger partial charge in [-0.2, -0.15) is 0 Å². The first-order valence-corrected chi connectivity index (χ1v) is 28.1. The van der Waals surface area contributed by atoms with Crippen LogP contribution in [-0.2, 0) is 25.5 Å². The summed E-state index contributed by atoms with van der Waals surface area (Å²) in [7, 11) is -1.42. The van der Waals surface area contributed by atoms with Crippen LogP contribution >= 0.6 is 0 Å². The van der Waals surface area contributed by atoms with Crippen LogP contribution in [0.3, 0.4) is 0 Å². The number of nitrogens with zero attached hydrogens (tertiary/aromatic N) is 4. The van der Waals surface area contributed by atoms with Crippen molar-refractivity contribution in [2.75, 3.05) is 0 Å². The average Bonchev–Trinajstić information content (AvgIpc) is 3.92. The Bertz CT molecular complexity index is 3270. The smallest absolute Gasteiger partial charge is 0.121 e. The number of fused-ring (bicyclic) bond motifs is 4. The van der Waals surface area contributed by atoms with Gasteiger partial charge in [-0.05, 0) is 111 Å². The maximum Gasteiger partial charge on any atom is 0.121 e. The number of rotatable bonds is 8. The molecule has 3 aromatic heterocycles. The molecule has 10 rings (SSSR count). The number of pyridine rings is 1. The average molecular weight is 1100 g/mol. The standard InChI is InChI=1S/C41H39N2O.C21H25N2Si.Ir/c1-25(2)33-22-28(27-14-9-8-10-15-27)23-34(26(3)4)38(33)43-36-19-12-11-18-35(36)42-40(43)32-17-13-16-31-30-21-20-29(41(5,6)7)24-37(30)44-39(31)32;1-24(2,3)21-15-23-20(18-11-9-16(14-22)10-12-18)13-19(21)17-7-5-4-6-8-17;/h8-16,18-26H,1-7H3;9-11,13,15,17H,4-8H2,1-3H3;/q2*-1;. The molecule has 1 fully saturated rings. The maximum atomic E-state index is 8.96. The molecule has 9 aromatic rings. The predicted molar refractivity (Wildman–Crippen MR) is 287 cm³/mol. The Morgan fingerprint density at radius 1 is 0.768 bits per heavy atom. The van der Waals surface area contributed by atoms with E-state index < -0.39 is 8.07 Å². The molecule has 1 aliphatic rings. The fourth-order valence-electron chi connectivity index (χ4n) is 10.1. The summed E-state index contributed by atoms with van der Waals surface area (Å²) >= 11 is 0. The van der Waals surface area contributed by atoms with Crippen LogP contribution in [0.1, 0.15) is 126 Å². The minimum Gasteiger partial charge on any atom is -0.501 e. The Labute approximate surface area is 424 Å². The van der Waals surface area contributed by atoms with E-state index in [-0.39, 0.29) is 25.5 Å². The number of aromatic nitrogens is 3. The van der Waals surface area contributed by atoms with Gasteiger partial charge in [-0.15, -0.1) is 48.0 Å². The summed E-state index contributed by atoms with van der Waals surface area (Å²) < 4.78 is 9.08. The van der Waals surface area contributed by atoms with Gasteiger partial charge in [0.15, 0.2) is 0 Å². The van der Waals surface area contributed by atoms with Crippen molar-refractivity contribution in [2.24, 2.45) is 0 Å². The third-order valence-electron chi connectivity index (χ3n) is 13.8. The number of nitriles is 1. The number of imidazole rings is 1. The van der Waals surface area contributed by atoms with Crippen LogP contribution in [0.2, 0.25) is 19.6 Å². The van der Waals surface area contributed by atoms with E-state index in [1.165, 1.54) is 76.4 Å². The normalized spacial score (nSPS) is 13.4. The zero-order valence-corrected chi connectivity index (χ0v) is 45.3. The van der Waals surface area contributed by atoms with Gasteiger partial charge in [-0.3, -0.25) is 4.98 Å². The van der Waals surface area contributed by atoms with Gasteiger partial charge >= 0.3 is 0 Å². The van der Waals surface area contributed by atoms with Crippen LogP contribution in [0.25, 0.3) is 72.4 Å². The molecule has 0 amide bonds. The maximum absolute atomic E-state index is 8.96. The van der Waals surface area contributed by atoms with Crippen LogP contribution in [0.5, 0.6) is 0 Å². The quantitative estimate of drug-likeness (QED) is 0.112. The van der Waals surface area contributed by atoms with Crippen molar-refractivity contribution in [3.63, 3.8) is 0 Å². The Morgan fingerprint density at radius 3 is 2.10 bits per heavy atom. The van der Waals surface area contributed by atoms with Crippen LogP contribution in [0.4, 0.5) is 0 Å². The van der Waals surface area contributed by atoms with Gasteiger partial charge in [-0.25, -0.2) is 5.26 Å². The molecule has 1 radical (unpaired) electrons. The second-order valence-corrected chi connectivity index (χ2v) is 26.5. The molecule has 353 valence electrons. The van der Waals surface area contributed by atoms with Gasteiger partial charge in [0.1, 0.15) is 5.58 Å². The number of hydrogen-bond donors (Lipinski definition) is 0. The monoisotopic (exact) mass is 1100 g/mol. The summed E-state index contributed by atoms with van der Waals surface area (Å²) in [4.78, 5) is 10.0. The van der Waals surface area contributed by atoms with E-state index in [2.05, 4.69) is 194 Å². The molecule has 0 unspecified atom stereocenters. The van der Waals surface area contributed by atoms with Crippen molar-refractivity contribution in [1.29, 1.82) is 5.26 Å². The van der Waals surface area contributed by atoms with Crippen molar-refractivity contribution >= 4 is 46.2 Å². The Balaban J connectivity index is 0.000000218. The van der Waals surface area contributed by atoms with Crippen LogP contribution in [0, 0.1) is 23.5 Å². The molecular weight excluding hydrogens is 1040 g/mol. The number of para-hydroxylation sites is 2. The summed E-state index contributed by atoms with van der Waals surface area (Å²) in [6.07, 6.45) is 8.79. The first kappa shape index (κ1) is 49.5. The van der Waals surface area contributed by atoms with Crippen molar-refractivity contribution in [3.8, 4) is 45.5 Å². The van der Waals surface area contributed by atoms with E-state index in [9.17, 15) is 0 Å². The molecule has 0 bridgehead atoms. The van der Waals surface area contributed by atoms with Crippen molar-refractivity contribution in [3.05, 3.63) is 167 Å². The van der Waals surface area contributed by atoms with E-state index in [0.717, 1.165) is 55.6 Å². The molecule has 1 aliphatic carbocycles. The molecule has 1 saturated carbocycles. The van der Waals surface area contributed by atoms with Gasteiger partial charge in [0, 0.05) is 43.4 Å². The fraction of sp³-hybridized carbons (Fsp3) is 0.306. The third-order valence-corrected chi connectivity index (χ3v) is 15.9. The van der Waals surface area contributed by atoms with E-state index in [0.29, 0.717) is 23.3 Å². The summed E-state index contributed by atoms with van der Waals surface area (Å²) in [6, 6.07) is 51.4. The number of hydrogen-bond acceptors (Lipinski definition) is 4. The summed E-state index contributed by atoms with van der Waals surface area (Å²) in [6.45, 7) is 23.1. The molecule has 5 nitrogen and oxygen atoms in total. The molecule has 3 heterocycles. The molecular formula is C62H64IrN4OSi-2. The van der Waals surface area contributed by atoms with Crippen LogP contribution in [-0.4, -0.2) is 22.6 Å². The second-order valence-electron chi connectivity index (χ2n) is 21.4. The summed E-state index contributed by atoms with van der Waals surface area (Å²) in [5.41, 5.74) is 16.3. The third kappa shape index (κ3) is 10.1. The molecule has 0 spiro atoms. The minimum absolute atomic E-state index is 0. The molecule has 0 N–H and O–H groups in total. The van der Waals surface area contributed by atoms with Crippen molar-refractivity contribution < 1.29 is 24.5 Å². The van der Waals surface area contributed by atoms with Crippen LogP contribution < -0.4 is 5.19 Å². The molecule has 6 aromatic carbocycles.